The molecule has 2 aromatic heterocycles. The second-order valence-corrected chi connectivity index (χ2v) is 5.98. The molecule has 17 heavy (non-hydrogen) atoms. The van der Waals surface area contributed by atoms with Gasteiger partial charge in [-0.2, -0.15) is 0 Å². The molecule has 0 amide bonds. The summed E-state index contributed by atoms with van der Waals surface area (Å²) < 4.78 is 0. The second-order valence-electron chi connectivity index (χ2n) is 4.33. The number of hydrogen-bond acceptors (Lipinski definition) is 5. The molecule has 0 saturated carbocycles. The summed E-state index contributed by atoms with van der Waals surface area (Å²) in [6.07, 6.45) is 5.76. The molecule has 5 heteroatoms. The highest BCUT2D eigenvalue weighted by Crippen LogP contribution is 2.32. The molecule has 0 aromatic carbocycles. The first-order chi connectivity index (χ1) is 8.43. The molecule has 1 aliphatic heterocycles. The number of rotatable bonds is 3. The Morgan fingerprint density at radius 1 is 1.35 bits per heavy atom. The molecule has 1 fully saturated rings. The Kier molecular flexibility index (Phi) is 3.49. The molecule has 3 heterocycles. The van der Waals surface area contributed by atoms with Gasteiger partial charge in [-0.3, -0.25) is 4.90 Å². The number of aromatic nitrogens is 2. The van der Waals surface area contributed by atoms with E-state index < -0.39 is 0 Å². The van der Waals surface area contributed by atoms with Crippen molar-refractivity contribution in [2.24, 2.45) is 0 Å². The van der Waals surface area contributed by atoms with Crippen molar-refractivity contribution in [1.29, 1.82) is 0 Å². The van der Waals surface area contributed by atoms with Crippen LogP contribution in [0.5, 0.6) is 0 Å². The Morgan fingerprint density at radius 2 is 2.35 bits per heavy atom. The van der Waals surface area contributed by atoms with Crippen LogP contribution in [-0.2, 0) is 6.54 Å². The third-order valence-corrected chi connectivity index (χ3v) is 4.71. The van der Waals surface area contributed by atoms with Gasteiger partial charge in [-0.15, -0.1) is 22.7 Å². The first kappa shape index (κ1) is 11.3. The topological polar surface area (TPSA) is 29.0 Å². The third-order valence-electron chi connectivity index (χ3n) is 3.20. The van der Waals surface area contributed by atoms with Crippen molar-refractivity contribution in [2.75, 3.05) is 6.54 Å². The molecule has 90 valence electrons. The van der Waals surface area contributed by atoms with E-state index in [9.17, 15) is 0 Å². The highest BCUT2D eigenvalue weighted by molar-refractivity contribution is 7.09. The van der Waals surface area contributed by atoms with Crippen LogP contribution in [0.25, 0.3) is 0 Å². The van der Waals surface area contributed by atoms with Gasteiger partial charge in [0.15, 0.2) is 0 Å². The maximum Gasteiger partial charge on any atom is 0.110 e. The monoisotopic (exact) mass is 265 g/mol. The Hall–Kier alpha value is -0.780. The molecule has 0 spiro atoms. The quantitative estimate of drug-likeness (QED) is 0.852. The molecule has 0 bridgehead atoms. The lowest BCUT2D eigenvalue weighted by atomic mass is 10.0. The van der Waals surface area contributed by atoms with Crippen LogP contribution in [0.1, 0.15) is 36.0 Å². The lowest BCUT2D eigenvalue weighted by Gasteiger charge is -2.33. The van der Waals surface area contributed by atoms with Crippen LogP contribution in [0.4, 0.5) is 0 Å². The number of likely N-dealkylation sites (tertiary alicyclic amines) is 1. The van der Waals surface area contributed by atoms with Gasteiger partial charge >= 0.3 is 0 Å². The van der Waals surface area contributed by atoms with Gasteiger partial charge in [-0.1, -0.05) is 6.42 Å². The van der Waals surface area contributed by atoms with Gasteiger partial charge in [-0.25, -0.2) is 9.97 Å². The van der Waals surface area contributed by atoms with E-state index in [1.54, 1.807) is 22.7 Å². The number of thiazole rings is 2. The van der Waals surface area contributed by atoms with Crippen LogP contribution >= 0.6 is 22.7 Å². The van der Waals surface area contributed by atoms with Gasteiger partial charge in [0.05, 0.1) is 17.2 Å². The zero-order valence-corrected chi connectivity index (χ0v) is 11.2. The standard InChI is InChI=1S/C12H15N3S2/c1-2-5-15(7-10-8-16-9-14-10)11(3-1)12-13-4-6-17-12/h4,6,8-9,11H,1-3,5,7H2. The molecule has 1 atom stereocenters. The molecule has 0 N–H and O–H groups in total. The molecular formula is C12H15N3S2. The Bertz CT molecular complexity index is 438. The van der Waals surface area contributed by atoms with Crippen molar-refractivity contribution < 1.29 is 0 Å². The molecule has 1 aliphatic rings. The molecular weight excluding hydrogens is 250 g/mol. The summed E-state index contributed by atoms with van der Waals surface area (Å²) in [5, 5.41) is 5.48. The minimum absolute atomic E-state index is 0.505. The van der Waals surface area contributed by atoms with Gasteiger partial charge in [0.1, 0.15) is 5.01 Å². The minimum atomic E-state index is 0.505. The predicted molar refractivity (Wildman–Crippen MR) is 71.2 cm³/mol. The fourth-order valence-electron chi connectivity index (χ4n) is 2.38. The summed E-state index contributed by atoms with van der Waals surface area (Å²) in [6.45, 7) is 2.13. The zero-order valence-electron chi connectivity index (χ0n) is 9.58. The molecule has 2 aromatic rings. The van der Waals surface area contributed by atoms with Gasteiger partial charge in [0.2, 0.25) is 0 Å². The van der Waals surface area contributed by atoms with E-state index >= 15 is 0 Å². The van der Waals surface area contributed by atoms with E-state index in [2.05, 4.69) is 25.6 Å². The maximum absolute atomic E-state index is 4.48. The largest absolute Gasteiger partial charge is 0.288 e. The lowest BCUT2D eigenvalue weighted by Crippen LogP contribution is -2.32. The highest BCUT2D eigenvalue weighted by atomic mass is 32.1. The Balaban J connectivity index is 1.76. The van der Waals surface area contributed by atoms with E-state index in [1.165, 1.54) is 36.5 Å². The van der Waals surface area contributed by atoms with Crippen molar-refractivity contribution in [3.05, 3.63) is 33.2 Å². The SMILES string of the molecule is c1csc(C2CCCCN2Cc2cscn2)n1. The minimum Gasteiger partial charge on any atom is -0.288 e. The van der Waals surface area contributed by atoms with E-state index in [0.29, 0.717) is 6.04 Å². The van der Waals surface area contributed by atoms with Crippen LogP contribution in [0.3, 0.4) is 0 Å². The number of piperidine rings is 1. The van der Waals surface area contributed by atoms with Crippen LogP contribution < -0.4 is 0 Å². The molecule has 0 radical (unpaired) electrons. The van der Waals surface area contributed by atoms with Crippen LogP contribution in [0, 0.1) is 0 Å². The Morgan fingerprint density at radius 3 is 3.12 bits per heavy atom. The van der Waals surface area contributed by atoms with Gasteiger partial charge in [0.25, 0.3) is 0 Å². The third kappa shape index (κ3) is 2.56. The van der Waals surface area contributed by atoms with E-state index in [4.69, 9.17) is 0 Å². The van der Waals surface area contributed by atoms with E-state index in [0.717, 1.165) is 6.54 Å². The summed E-state index contributed by atoms with van der Waals surface area (Å²) in [4.78, 5) is 11.4. The highest BCUT2D eigenvalue weighted by Gasteiger charge is 2.25. The van der Waals surface area contributed by atoms with Crippen LogP contribution in [-0.4, -0.2) is 21.4 Å². The van der Waals surface area contributed by atoms with Crippen molar-refractivity contribution in [3.8, 4) is 0 Å². The van der Waals surface area contributed by atoms with Crippen molar-refractivity contribution >= 4 is 22.7 Å². The zero-order chi connectivity index (χ0) is 11.5. The van der Waals surface area contributed by atoms with Gasteiger partial charge in [0, 0.05) is 23.5 Å². The average molecular weight is 265 g/mol. The molecule has 3 rings (SSSR count). The molecule has 0 aliphatic carbocycles. The second kappa shape index (κ2) is 5.25. The van der Waals surface area contributed by atoms with E-state index in [-0.39, 0.29) is 0 Å². The predicted octanol–water partition coefficient (Wildman–Crippen LogP) is 3.33. The lowest BCUT2D eigenvalue weighted by molar-refractivity contribution is 0.139. The van der Waals surface area contributed by atoms with Gasteiger partial charge < -0.3 is 0 Å². The molecule has 1 unspecified atom stereocenters. The van der Waals surface area contributed by atoms with Gasteiger partial charge in [-0.05, 0) is 19.4 Å². The average Bonchev–Trinajstić information content (AvgIpc) is 3.01. The first-order valence-electron chi connectivity index (χ1n) is 5.94. The van der Waals surface area contributed by atoms with E-state index in [1.807, 2.05) is 11.7 Å². The summed E-state index contributed by atoms with van der Waals surface area (Å²) in [6, 6.07) is 0.505. The summed E-state index contributed by atoms with van der Waals surface area (Å²) in [7, 11) is 0. The molecule has 1 saturated heterocycles. The van der Waals surface area contributed by atoms with Crippen molar-refractivity contribution in [2.45, 2.75) is 31.8 Å². The first-order valence-corrected chi connectivity index (χ1v) is 7.76. The maximum atomic E-state index is 4.48. The number of hydrogen-bond donors (Lipinski definition) is 0. The fourth-order valence-corrected chi connectivity index (χ4v) is 3.74. The Labute approximate surface area is 109 Å². The van der Waals surface area contributed by atoms with Crippen molar-refractivity contribution in [1.82, 2.24) is 14.9 Å². The normalized spacial score (nSPS) is 21.8. The smallest absolute Gasteiger partial charge is 0.110 e. The fraction of sp³-hybridized carbons (Fsp3) is 0.500. The summed E-state index contributed by atoms with van der Waals surface area (Å²) in [5.41, 5.74) is 3.11. The molecule has 3 nitrogen and oxygen atoms in total. The summed E-state index contributed by atoms with van der Waals surface area (Å²) >= 11 is 3.45. The summed E-state index contributed by atoms with van der Waals surface area (Å²) in [5.74, 6) is 0. The van der Waals surface area contributed by atoms with Crippen molar-refractivity contribution in [3.63, 3.8) is 0 Å². The van der Waals surface area contributed by atoms with Crippen LogP contribution in [0.15, 0.2) is 22.5 Å². The number of nitrogens with zero attached hydrogens (tertiary/aromatic N) is 3. The van der Waals surface area contributed by atoms with Crippen LogP contribution in [0.2, 0.25) is 0 Å².